The van der Waals surface area contributed by atoms with Gasteiger partial charge in [-0.1, -0.05) is 43.3 Å². The summed E-state index contributed by atoms with van der Waals surface area (Å²) in [5, 5.41) is 14.3. The van der Waals surface area contributed by atoms with E-state index in [4.69, 9.17) is 0 Å². The molecule has 1 aliphatic heterocycles. The van der Waals surface area contributed by atoms with Crippen LogP contribution in [-0.4, -0.2) is 22.8 Å². The quantitative estimate of drug-likeness (QED) is 0.938. The van der Waals surface area contributed by atoms with E-state index in [9.17, 15) is 14.7 Å². The molecular weight excluding hydrogens is 304 g/mol. The third-order valence-corrected chi connectivity index (χ3v) is 4.49. The van der Waals surface area contributed by atoms with E-state index in [1.54, 1.807) is 12.1 Å². The minimum absolute atomic E-state index is 0.0207. The summed E-state index contributed by atoms with van der Waals surface area (Å²) in [5.41, 5.74) is 2.40. The van der Waals surface area contributed by atoms with E-state index < -0.39 is 5.97 Å². The Bertz CT molecular complexity index is 770. The maximum atomic E-state index is 13.0. The van der Waals surface area contributed by atoms with Crippen LogP contribution in [0.3, 0.4) is 0 Å². The molecule has 0 fully saturated rings. The molecule has 2 atom stereocenters. The topological polar surface area (TPSA) is 72.5 Å². The molecule has 2 aromatic carbocycles. The van der Waals surface area contributed by atoms with Crippen LogP contribution in [0, 0.1) is 0 Å². The predicted octanol–water partition coefficient (Wildman–Crippen LogP) is 2.42. The molecule has 3 rings (SSSR count). The van der Waals surface area contributed by atoms with E-state index in [2.05, 4.69) is 5.32 Å². The first-order valence-corrected chi connectivity index (χ1v) is 8.02. The Morgan fingerprint density at radius 3 is 2.50 bits per heavy atom. The number of nitrogens with zero attached hydrogens (tertiary/aromatic N) is 1. The van der Waals surface area contributed by atoms with Crippen molar-refractivity contribution in [2.45, 2.75) is 32.5 Å². The summed E-state index contributed by atoms with van der Waals surface area (Å²) in [4.78, 5) is 25.7. The molecule has 0 spiro atoms. The number of hydrogen-bond acceptors (Lipinski definition) is 4. The van der Waals surface area contributed by atoms with Gasteiger partial charge in [-0.3, -0.25) is 4.79 Å². The lowest BCUT2D eigenvalue weighted by atomic mass is 10.00. The largest absolute Gasteiger partial charge is 0.545 e. The standard InChI is InChI=1S/C19H20N2O3/c1-3-12(2)21-17(13-8-10-14(11-9-13)19(23)24)20-16-7-5-4-6-15(16)18(21)22/h4-12,17,20H,3H2,1-2H3,(H,23,24)/p-1/t12-,17+/m1/s1. The zero-order valence-electron chi connectivity index (χ0n) is 13.7. The number of carboxylic acid groups (broad SMARTS) is 1. The molecule has 0 saturated heterocycles. The van der Waals surface area contributed by atoms with Crippen molar-refractivity contribution in [1.29, 1.82) is 0 Å². The molecule has 5 heteroatoms. The van der Waals surface area contributed by atoms with Crippen LogP contribution >= 0.6 is 0 Å². The molecule has 124 valence electrons. The maximum Gasteiger partial charge on any atom is 0.258 e. The van der Waals surface area contributed by atoms with Crippen molar-refractivity contribution in [2.75, 3.05) is 5.32 Å². The third-order valence-electron chi connectivity index (χ3n) is 4.49. The Hall–Kier alpha value is -2.82. The highest BCUT2D eigenvalue weighted by atomic mass is 16.4. The van der Waals surface area contributed by atoms with Crippen LogP contribution in [0.2, 0.25) is 0 Å². The van der Waals surface area contributed by atoms with E-state index in [0.717, 1.165) is 17.7 Å². The first-order chi connectivity index (χ1) is 11.5. The third kappa shape index (κ3) is 2.73. The fourth-order valence-corrected chi connectivity index (χ4v) is 2.97. The normalized spacial score (nSPS) is 17.8. The van der Waals surface area contributed by atoms with E-state index in [0.29, 0.717) is 5.56 Å². The second-order valence-corrected chi connectivity index (χ2v) is 5.97. The second-order valence-electron chi connectivity index (χ2n) is 5.97. The first-order valence-electron chi connectivity index (χ1n) is 8.02. The van der Waals surface area contributed by atoms with Gasteiger partial charge in [0.1, 0.15) is 6.17 Å². The molecule has 1 N–H and O–H groups in total. The molecule has 5 nitrogen and oxygen atoms in total. The smallest absolute Gasteiger partial charge is 0.258 e. The zero-order chi connectivity index (χ0) is 17.3. The minimum Gasteiger partial charge on any atom is -0.545 e. The summed E-state index contributed by atoms with van der Waals surface area (Å²) < 4.78 is 0. The molecular formula is C19H19N2O3-. The Morgan fingerprint density at radius 2 is 1.88 bits per heavy atom. The fraction of sp³-hybridized carbons (Fsp3) is 0.263. The van der Waals surface area contributed by atoms with Crippen molar-refractivity contribution in [1.82, 2.24) is 4.90 Å². The molecule has 0 bridgehead atoms. The Balaban J connectivity index is 2.03. The second kappa shape index (κ2) is 6.35. The number of carboxylic acids is 1. The summed E-state index contributed by atoms with van der Waals surface area (Å²) in [6.07, 6.45) is 0.488. The van der Waals surface area contributed by atoms with Crippen molar-refractivity contribution >= 4 is 17.6 Å². The van der Waals surface area contributed by atoms with E-state index >= 15 is 0 Å². The van der Waals surface area contributed by atoms with Gasteiger partial charge in [0.2, 0.25) is 0 Å². The summed E-state index contributed by atoms with van der Waals surface area (Å²) >= 11 is 0. The monoisotopic (exact) mass is 323 g/mol. The molecule has 0 aromatic heterocycles. The van der Waals surface area contributed by atoms with Gasteiger partial charge in [0.05, 0.1) is 11.5 Å². The minimum atomic E-state index is -1.21. The number of amides is 1. The van der Waals surface area contributed by atoms with Crippen molar-refractivity contribution < 1.29 is 14.7 Å². The number of rotatable bonds is 4. The highest BCUT2D eigenvalue weighted by Crippen LogP contribution is 2.34. The molecule has 0 aliphatic carbocycles. The van der Waals surface area contributed by atoms with Crippen LogP contribution in [-0.2, 0) is 0 Å². The maximum absolute atomic E-state index is 13.0. The van der Waals surface area contributed by atoms with Crippen LogP contribution < -0.4 is 10.4 Å². The van der Waals surface area contributed by atoms with Crippen LogP contribution in [0.4, 0.5) is 5.69 Å². The SMILES string of the molecule is CC[C@@H](C)N1C(=O)c2ccccc2N[C@@H]1c1ccc(C(=O)[O-])cc1. The summed E-state index contributed by atoms with van der Waals surface area (Å²) in [5.74, 6) is -1.23. The van der Waals surface area contributed by atoms with Gasteiger partial charge < -0.3 is 20.1 Å². The number of nitrogens with one attached hydrogen (secondary N) is 1. The van der Waals surface area contributed by atoms with Gasteiger partial charge in [-0.25, -0.2) is 0 Å². The Kier molecular flexibility index (Phi) is 4.25. The molecule has 24 heavy (non-hydrogen) atoms. The van der Waals surface area contributed by atoms with Crippen LogP contribution in [0.15, 0.2) is 48.5 Å². The van der Waals surface area contributed by atoms with Gasteiger partial charge in [-0.2, -0.15) is 0 Å². The molecule has 1 amide bonds. The van der Waals surface area contributed by atoms with Crippen molar-refractivity contribution in [3.8, 4) is 0 Å². The van der Waals surface area contributed by atoms with Gasteiger partial charge in [-0.15, -0.1) is 0 Å². The van der Waals surface area contributed by atoms with Crippen molar-refractivity contribution in [3.05, 3.63) is 65.2 Å². The summed E-state index contributed by atoms with van der Waals surface area (Å²) in [6.45, 7) is 4.05. The van der Waals surface area contributed by atoms with Crippen molar-refractivity contribution in [3.63, 3.8) is 0 Å². The van der Waals surface area contributed by atoms with Gasteiger partial charge in [-0.05, 0) is 36.6 Å². The highest BCUT2D eigenvalue weighted by molar-refractivity contribution is 6.01. The average molecular weight is 323 g/mol. The highest BCUT2D eigenvalue weighted by Gasteiger charge is 2.35. The number of aromatic carboxylic acids is 1. The van der Waals surface area contributed by atoms with Gasteiger partial charge in [0.25, 0.3) is 5.91 Å². The fourth-order valence-electron chi connectivity index (χ4n) is 2.97. The van der Waals surface area contributed by atoms with Gasteiger partial charge >= 0.3 is 0 Å². The molecule has 0 radical (unpaired) electrons. The Labute approximate surface area is 140 Å². The summed E-state index contributed by atoms with van der Waals surface area (Å²) in [7, 11) is 0. The van der Waals surface area contributed by atoms with Gasteiger partial charge in [0, 0.05) is 11.7 Å². The van der Waals surface area contributed by atoms with Gasteiger partial charge in [0.15, 0.2) is 0 Å². The van der Waals surface area contributed by atoms with Crippen LogP contribution in [0.1, 0.15) is 52.7 Å². The number of carbonyl (C=O) groups is 2. The molecule has 1 aliphatic rings. The molecule has 0 unspecified atom stereocenters. The van der Waals surface area contributed by atoms with Crippen LogP contribution in [0.25, 0.3) is 0 Å². The molecule has 2 aromatic rings. The lowest BCUT2D eigenvalue weighted by molar-refractivity contribution is -0.255. The Morgan fingerprint density at radius 1 is 1.21 bits per heavy atom. The van der Waals surface area contributed by atoms with E-state index in [1.165, 1.54) is 12.1 Å². The lowest BCUT2D eigenvalue weighted by Crippen LogP contribution is -2.47. The number of fused-ring (bicyclic) bond motifs is 1. The summed E-state index contributed by atoms with van der Waals surface area (Å²) in [6, 6.07) is 13.9. The van der Waals surface area contributed by atoms with Crippen molar-refractivity contribution in [2.24, 2.45) is 0 Å². The molecule has 1 heterocycles. The number of benzene rings is 2. The first kappa shape index (κ1) is 16.1. The number of hydrogen-bond donors (Lipinski definition) is 1. The number of para-hydroxylation sites is 1. The number of carbonyl (C=O) groups excluding carboxylic acids is 2. The molecule has 0 saturated carbocycles. The van der Waals surface area contributed by atoms with E-state index in [-0.39, 0.29) is 23.7 Å². The predicted molar refractivity (Wildman–Crippen MR) is 89.5 cm³/mol. The number of anilines is 1. The van der Waals surface area contributed by atoms with E-state index in [1.807, 2.05) is 43.0 Å². The average Bonchev–Trinajstić information content (AvgIpc) is 2.61. The lowest BCUT2D eigenvalue weighted by Gasteiger charge is -2.41. The van der Waals surface area contributed by atoms with Crippen LogP contribution in [0.5, 0.6) is 0 Å². The zero-order valence-corrected chi connectivity index (χ0v) is 13.7.